The predicted octanol–water partition coefficient (Wildman–Crippen LogP) is 4.66. The van der Waals surface area contributed by atoms with E-state index in [1.165, 1.54) is 16.9 Å². The van der Waals surface area contributed by atoms with Crippen molar-refractivity contribution >= 4 is 33.5 Å². The molecule has 0 aliphatic heterocycles. The van der Waals surface area contributed by atoms with E-state index in [4.69, 9.17) is 4.42 Å². The van der Waals surface area contributed by atoms with Gasteiger partial charge in [-0.2, -0.15) is 0 Å². The van der Waals surface area contributed by atoms with Crippen molar-refractivity contribution in [2.75, 3.05) is 5.32 Å². The summed E-state index contributed by atoms with van der Waals surface area (Å²) in [5.41, 5.74) is 3.53. The Balaban J connectivity index is 1.33. The minimum absolute atomic E-state index is 0.159. The Morgan fingerprint density at radius 2 is 1.90 bits per heavy atom. The lowest BCUT2D eigenvalue weighted by Crippen LogP contribution is -2.17. The molecule has 1 N–H and O–H groups in total. The first-order valence-electron chi connectivity index (χ1n) is 9.83. The van der Waals surface area contributed by atoms with Gasteiger partial charge in [0.15, 0.2) is 5.58 Å². The zero-order valence-electron chi connectivity index (χ0n) is 16.8. The van der Waals surface area contributed by atoms with Gasteiger partial charge in [-0.3, -0.25) is 9.36 Å². The van der Waals surface area contributed by atoms with Crippen LogP contribution in [0.3, 0.4) is 0 Å². The number of hydrogen-bond acceptors (Lipinski definition) is 6. The van der Waals surface area contributed by atoms with Crippen molar-refractivity contribution in [1.29, 1.82) is 0 Å². The molecule has 154 valence electrons. The number of hydrogen-bond donors (Lipinski definition) is 1. The highest BCUT2D eigenvalue weighted by atomic mass is 32.1. The molecule has 0 radical (unpaired) electrons. The lowest BCUT2D eigenvalue weighted by molar-refractivity contribution is -0.116. The van der Waals surface area contributed by atoms with Gasteiger partial charge in [-0.25, -0.2) is 4.79 Å². The minimum atomic E-state index is -0.408. The van der Waals surface area contributed by atoms with Crippen LogP contribution in [0.2, 0.25) is 0 Å². The molecule has 0 saturated heterocycles. The summed E-state index contributed by atoms with van der Waals surface area (Å²) >= 11 is 1.34. The summed E-state index contributed by atoms with van der Waals surface area (Å²) < 4.78 is 6.76. The Hall–Kier alpha value is -3.26. The molecule has 0 aliphatic carbocycles. The summed E-state index contributed by atoms with van der Waals surface area (Å²) in [7, 11) is 0. The van der Waals surface area contributed by atoms with Gasteiger partial charge < -0.3 is 9.73 Å². The SMILES string of the molecule is CC(C)c1ccc(-c2nnc(NC(=O)CCCn3c(=O)oc4ccccc43)s2)cc1. The standard InChI is InChI=1S/C22H22N4O3S/c1-14(2)15-9-11-16(12-10-15)20-24-25-21(30-20)23-19(27)8-5-13-26-17-6-3-4-7-18(17)29-22(26)28/h3-4,6-7,9-12,14H,5,8,13H2,1-2H3,(H,23,25,27). The molecule has 0 fully saturated rings. The van der Waals surface area contributed by atoms with Crippen LogP contribution in [0.5, 0.6) is 0 Å². The average Bonchev–Trinajstić information content (AvgIpc) is 3.32. The summed E-state index contributed by atoms with van der Waals surface area (Å²) in [6, 6.07) is 15.5. The molecule has 0 saturated carbocycles. The van der Waals surface area contributed by atoms with Gasteiger partial charge in [0.2, 0.25) is 11.0 Å². The summed E-state index contributed by atoms with van der Waals surface area (Å²) in [4.78, 5) is 24.3. The van der Waals surface area contributed by atoms with Crippen LogP contribution in [0.25, 0.3) is 21.7 Å². The van der Waals surface area contributed by atoms with Gasteiger partial charge in [0.25, 0.3) is 0 Å². The van der Waals surface area contributed by atoms with Crippen LogP contribution in [0.4, 0.5) is 5.13 Å². The van der Waals surface area contributed by atoms with E-state index in [9.17, 15) is 9.59 Å². The lowest BCUT2D eigenvalue weighted by atomic mass is 10.0. The number of fused-ring (bicyclic) bond motifs is 1. The Kier molecular flexibility index (Phi) is 5.76. The van der Waals surface area contributed by atoms with Crippen LogP contribution in [-0.4, -0.2) is 20.7 Å². The van der Waals surface area contributed by atoms with Crippen LogP contribution in [0.1, 0.15) is 38.2 Å². The van der Waals surface area contributed by atoms with Gasteiger partial charge in [-0.15, -0.1) is 10.2 Å². The van der Waals surface area contributed by atoms with Crippen molar-refractivity contribution < 1.29 is 9.21 Å². The fraction of sp³-hybridized carbons (Fsp3) is 0.273. The average molecular weight is 423 g/mol. The zero-order valence-corrected chi connectivity index (χ0v) is 17.6. The number of oxazole rings is 1. The Morgan fingerprint density at radius 3 is 2.67 bits per heavy atom. The largest absolute Gasteiger partial charge is 0.419 e. The van der Waals surface area contributed by atoms with Crippen molar-refractivity contribution in [2.45, 2.75) is 39.2 Å². The molecule has 8 heteroatoms. The second-order valence-electron chi connectivity index (χ2n) is 7.33. The fourth-order valence-corrected chi connectivity index (χ4v) is 3.97. The molecule has 0 spiro atoms. The van der Waals surface area contributed by atoms with E-state index in [0.29, 0.717) is 29.6 Å². The van der Waals surface area contributed by atoms with Crippen LogP contribution >= 0.6 is 11.3 Å². The third kappa shape index (κ3) is 4.33. The van der Waals surface area contributed by atoms with Crippen molar-refractivity contribution in [2.24, 2.45) is 0 Å². The molecule has 0 bridgehead atoms. The van der Waals surface area contributed by atoms with Crippen LogP contribution in [0.15, 0.2) is 57.7 Å². The van der Waals surface area contributed by atoms with E-state index in [1.807, 2.05) is 30.3 Å². The molecular formula is C22H22N4O3S. The number of benzene rings is 2. The van der Waals surface area contributed by atoms with Crippen LogP contribution in [0, 0.1) is 0 Å². The van der Waals surface area contributed by atoms with Gasteiger partial charge in [0.05, 0.1) is 5.52 Å². The minimum Gasteiger partial charge on any atom is -0.408 e. The van der Waals surface area contributed by atoms with Gasteiger partial charge in [0.1, 0.15) is 5.01 Å². The second kappa shape index (κ2) is 8.62. The van der Waals surface area contributed by atoms with E-state index >= 15 is 0 Å². The molecular weight excluding hydrogens is 400 g/mol. The number of nitrogens with zero attached hydrogens (tertiary/aromatic N) is 3. The van der Waals surface area contributed by atoms with Crippen molar-refractivity contribution in [1.82, 2.24) is 14.8 Å². The second-order valence-corrected chi connectivity index (χ2v) is 8.31. The maximum Gasteiger partial charge on any atom is 0.419 e. The number of carbonyl (C=O) groups excluding carboxylic acids is 1. The third-order valence-corrected chi connectivity index (χ3v) is 5.74. The number of rotatable bonds is 7. The van der Waals surface area contributed by atoms with Crippen molar-refractivity contribution in [3.63, 3.8) is 0 Å². The molecule has 7 nitrogen and oxygen atoms in total. The molecule has 4 aromatic rings. The molecule has 4 rings (SSSR count). The lowest BCUT2D eigenvalue weighted by Gasteiger charge is -2.04. The first-order chi connectivity index (χ1) is 14.5. The number of anilines is 1. The maximum absolute atomic E-state index is 12.3. The van der Waals surface area contributed by atoms with Crippen molar-refractivity contribution in [3.05, 3.63) is 64.6 Å². The quantitative estimate of drug-likeness (QED) is 0.468. The molecule has 0 atom stereocenters. The fourth-order valence-electron chi connectivity index (χ4n) is 3.21. The summed E-state index contributed by atoms with van der Waals surface area (Å²) in [6.07, 6.45) is 0.779. The Morgan fingerprint density at radius 1 is 1.13 bits per heavy atom. The number of aryl methyl sites for hydroxylation is 1. The highest BCUT2D eigenvalue weighted by molar-refractivity contribution is 7.18. The van der Waals surface area contributed by atoms with Crippen LogP contribution < -0.4 is 11.1 Å². The number of para-hydroxylation sites is 2. The summed E-state index contributed by atoms with van der Waals surface area (Å²) in [6.45, 7) is 4.71. The zero-order chi connectivity index (χ0) is 21.1. The predicted molar refractivity (Wildman–Crippen MR) is 118 cm³/mol. The van der Waals surface area contributed by atoms with Crippen LogP contribution in [-0.2, 0) is 11.3 Å². The molecule has 2 aromatic heterocycles. The van der Waals surface area contributed by atoms with E-state index in [2.05, 4.69) is 41.5 Å². The summed E-state index contributed by atoms with van der Waals surface area (Å²) in [5, 5.41) is 12.3. The van der Waals surface area contributed by atoms with E-state index in [1.54, 1.807) is 10.6 Å². The van der Waals surface area contributed by atoms with E-state index in [-0.39, 0.29) is 12.3 Å². The topological polar surface area (TPSA) is 90.0 Å². The monoisotopic (exact) mass is 422 g/mol. The first kappa shape index (κ1) is 20.0. The number of amides is 1. The Bertz CT molecular complexity index is 1220. The van der Waals surface area contributed by atoms with E-state index in [0.717, 1.165) is 16.1 Å². The molecule has 2 aromatic carbocycles. The third-order valence-electron chi connectivity index (χ3n) is 4.85. The number of aromatic nitrogens is 3. The van der Waals surface area contributed by atoms with Gasteiger partial charge >= 0.3 is 5.76 Å². The highest BCUT2D eigenvalue weighted by Crippen LogP contribution is 2.27. The molecule has 0 aliphatic rings. The normalized spacial score (nSPS) is 11.3. The smallest absolute Gasteiger partial charge is 0.408 e. The number of carbonyl (C=O) groups is 1. The highest BCUT2D eigenvalue weighted by Gasteiger charge is 2.12. The maximum atomic E-state index is 12.3. The molecule has 0 unspecified atom stereocenters. The van der Waals surface area contributed by atoms with Crippen molar-refractivity contribution in [3.8, 4) is 10.6 Å². The van der Waals surface area contributed by atoms with E-state index < -0.39 is 5.76 Å². The van der Waals surface area contributed by atoms with Gasteiger partial charge in [-0.1, -0.05) is 61.6 Å². The van der Waals surface area contributed by atoms with Gasteiger partial charge in [0, 0.05) is 18.5 Å². The molecule has 1 amide bonds. The number of nitrogens with one attached hydrogen (secondary N) is 1. The van der Waals surface area contributed by atoms with Gasteiger partial charge in [-0.05, 0) is 30.0 Å². The first-order valence-corrected chi connectivity index (χ1v) is 10.6. The molecule has 2 heterocycles. The summed E-state index contributed by atoms with van der Waals surface area (Å²) in [5.74, 6) is -0.0956. The molecule has 30 heavy (non-hydrogen) atoms. The Labute approximate surface area is 177 Å².